The Kier molecular flexibility index (Phi) is 4.76. The Morgan fingerprint density at radius 1 is 1.32 bits per heavy atom. The number of benzene rings is 2. The van der Waals surface area contributed by atoms with E-state index in [-0.39, 0.29) is 6.54 Å². The molecule has 0 saturated heterocycles. The van der Waals surface area contributed by atoms with Crippen molar-refractivity contribution < 1.29 is 9.53 Å². The fourth-order valence-electron chi connectivity index (χ4n) is 2.16. The number of nitriles is 1. The predicted octanol–water partition coefficient (Wildman–Crippen LogP) is 3.82. The van der Waals surface area contributed by atoms with Gasteiger partial charge in [-0.25, -0.2) is 4.79 Å². The van der Waals surface area contributed by atoms with Crippen molar-refractivity contribution in [1.82, 2.24) is 0 Å². The van der Waals surface area contributed by atoms with E-state index < -0.39 is 5.97 Å². The monoisotopic (exact) mass is 292 g/mol. The summed E-state index contributed by atoms with van der Waals surface area (Å²) in [7, 11) is 1.30. The summed E-state index contributed by atoms with van der Waals surface area (Å²) in [5.41, 5.74) is 11.5. The van der Waals surface area contributed by atoms with Crippen molar-refractivity contribution in [2.75, 3.05) is 7.11 Å². The lowest BCUT2D eigenvalue weighted by Crippen LogP contribution is -2.03. The molecule has 0 aliphatic rings. The lowest BCUT2D eigenvalue weighted by molar-refractivity contribution is 0.0600. The second-order valence-electron chi connectivity index (χ2n) is 4.41. The average Bonchev–Trinajstić information content (AvgIpc) is 2.58. The van der Waals surface area contributed by atoms with Crippen LogP contribution in [0, 0.1) is 11.3 Å². The molecule has 2 aromatic rings. The highest BCUT2D eigenvalue weighted by Gasteiger charge is 2.13. The number of hydrogen-bond acceptors (Lipinski definition) is 4. The van der Waals surface area contributed by atoms with Crippen LogP contribution in [0.15, 0.2) is 47.6 Å². The van der Waals surface area contributed by atoms with Crippen LogP contribution in [-0.2, 0) is 11.3 Å². The van der Waals surface area contributed by atoms with Crippen molar-refractivity contribution in [2.45, 2.75) is 6.54 Å². The van der Waals surface area contributed by atoms with Gasteiger partial charge in [-0.15, -0.1) is 0 Å². The average molecular weight is 292 g/mol. The molecule has 108 valence electrons. The third-order valence-electron chi connectivity index (χ3n) is 3.17. The lowest BCUT2D eigenvalue weighted by atomic mass is 9.94. The Hall–Kier alpha value is -3.29. The predicted molar refractivity (Wildman–Crippen MR) is 80.8 cm³/mol. The minimum Gasteiger partial charge on any atom is -0.465 e. The van der Waals surface area contributed by atoms with Crippen LogP contribution >= 0.6 is 0 Å². The summed E-state index contributed by atoms with van der Waals surface area (Å²) in [5.74, 6) is -0.470. The minimum atomic E-state index is -0.470. The molecule has 0 spiro atoms. The molecule has 22 heavy (non-hydrogen) atoms. The maximum Gasteiger partial charge on any atom is 0.337 e. The second-order valence-corrected chi connectivity index (χ2v) is 4.41. The van der Waals surface area contributed by atoms with Crippen LogP contribution in [0.2, 0.25) is 0 Å². The van der Waals surface area contributed by atoms with Gasteiger partial charge < -0.3 is 4.74 Å². The fourth-order valence-corrected chi connectivity index (χ4v) is 2.16. The summed E-state index contributed by atoms with van der Waals surface area (Å²) in [6.45, 7) is 0.0798. The molecule has 0 radical (unpaired) electrons. The van der Waals surface area contributed by atoms with Gasteiger partial charge in [-0.05, 0) is 40.4 Å². The molecule has 0 atom stereocenters. The number of ether oxygens (including phenoxy) is 1. The van der Waals surface area contributed by atoms with Gasteiger partial charge in [-0.3, -0.25) is 0 Å². The molecule has 0 heterocycles. The van der Waals surface area contributed by atoms with Crippen molar-refractivity contribution in [3.05, 3.63) is 69.6 Å². The van der Waals surface area contributed by atoms with Crippen molar-refractivity contribution in [3.63, 3.8) is 0 Å². The standard InChI is InChI=1S/C16H12N4O2/c1-22-16(21)11-6-7-15(13(8-11)10-19-20-18)14-5-3-2-4-12(14)9-17/h2-8H,10H2,1H3. The highest BCUT2D eigenvalue weighted by atomic mass is 16.5. The fraction of sp³-hybridized carbons (Fsp3) is 0.125. The quantitative estimate of drug-likeness (QED) is 0.370. The molecular weight excluding hydrogens is 280 g/mol. The summed E-state index contributed by atoms with van der Waals surface area (Å²) in [5, 5.41) is 12.8. The molecule has 0 aliphatic heterocycles. The van der Waals surface area contributed by atoms with E-state index in [9.17, 15) is 10.1 Å². The van der Waals surface area contributed by atoms with Crippen molar-refractivity contribution in [1.29, 1.82) is 5.26 Å². The Morgan fingerprint density at radius 2 is 2.09 bits per heavy atom. The van der Waals surface area contributed by atoms with Crippen LogP contribution in [-0.4, -0.2) is 13.1 Å². The molecule has 0 saturated carbocycles. The largest absolute Gasteiger partial charge is 0.465 e. The zero-order valence-corrected chi connectivity index (χ0v) is 11.9. The van der Waals surface area contributed by atoms with E-state index in [1.165, 1.54) is 7.11 Å². The molecule has 0 aliphatic carbocycles. The van der Waals surface area contributed by atoms with E-state index in [0.29, 0.717) is 16.7 Å². The molecular formula is C16H12N4O2. The summed E-state index contributed by atoms with van der Waals surface area (Å²) in [4.78, 5) is 14.4. The van der Waals surface area contributed by atoms with E-state index in [4.69, 9.17) is 10.3 Å². The van der Waals surface area contributed by atoms with Gasteiger partial charge in [0.25, 0.3) is 0 Å². The number of carbonyl (C=O) groups excluding carboxylic acids is 1. The van der Waals surface area contributed by atoms with Crippen molar-refractivity contribution in [3.8, 4) is 17.2 Å². The maximum atomic E-state index is 11.6. The summed E-state index contributed by atoms with van der Waals surface area (Å²) < 4.78 is 4.69. The van der Waals surface area contributed by atoms with E-state index in [1.807, 2.05) is 12.1 Å². The van der Waals surface area contributed by atoms with Gasteiger partial charge in [0, 0.05) is 4.91 Å². The highest BCUT2D eigenvalue weighted by molar-refractivity contribution is 5.90. The van der Waals surface area contributed by atoms with Crippen LogP contribution in [0.5, 0.6) is 0 Å². The zero-order chi connectivity index (χ0) is 15.9. The molecule has 0 unspecified atom stereocenters. The Balaban J connectivity index is 2.62. The van der Waals surface area contributed by atoms with E-state index in [0.717, 1.165) is 11.1 Å². The number of azide groups is 1. The maximum absolute atomic E-state index is 11.6. The van der Waals surface area contributed by atoms with Crippen LogP contribution in [0.1, 0.15) is 21.5 Å². The molecule has 0 aromatic heterocycles. The van der Waals surface area contributed by atoms with Gasteiger partial charge in [-0.1, -0.05) is 29.4 Å². The molecule has 6 nitrogen and oxygen atoms in total. The first kappa shape index (κ1) is 15.1. The first-order chi connectivity index (χ1) is 10.7. The number of carbonyl (C=O) groups is 1. The van der Waals surface area contributed by atoms with Gasteiger partial charge in [0.05, 0.1) is 30.9 Å². The van der Waals surface area contributed by atoms with Gasteiger partial charge in [0.15, 0.2) is 0 Å². The summed E-state index contributed by atoms with van der Waals surface area (Å²) in [6, 6.07) is 14.2. The Bertz CT molecular complexity index is 802. The molecule has 2 aromatic carbocycles. The van der Waals surface area contributed by atoms with Crippen molar-refractivity contribution in [2.24, 2.45) is 5.11 Å². The van der Waals surface area contributed by atoms with Gasteiger partial charge in [-0.2, -0.15) is 5.26 Å². The number of rotatable bonds is 4. The topological polar surface area (TPSA) is 98.9 Å². The number of nitrogens with zero attached hydrogens (tertiary/aromatic N) is 4. The Labute approximate surface area is 127 Å². The van der Waals surface area contributed by atoms with Gasteiger partial charge in [0.2, 0.25) is 0 Å². The zero-order valence-electron chi connectivity index (χ0n) is 11.9. The third kappa shape index (κ3) is 3.06. The Morgan fingerprint density at radius 3 is 2.77 bits per heavy atom. The SMILES string of the molecule is COC(=O)c1ccc(-c2ccccc2C#N)c(CN=[N+]=[N-])c1. The number of esters is 1. The van der Waals surface area contributed by atoms with Crippen LogP contribution in [0.25, 0.3) is 21.6 Å². The van der Waals surface area contributed by atoms with E-state index in [1.54, 1.807) is 30.3 Å². The summed E-state index contributed by atoms with van der Waals surface area (Å²) >= 11 is 0. The van der Waals surface area contributed by atoms with Crippen LogP contribution < -0.4 is 0 Å². The molecule has 0 fully saturated rings. The third-order valence-corrected chi connectivity index (χ3v) is 3.17. The highest BCUT2D eigenvalue weighted by Crippen LogP contribution is 2.28. The smallest absolute Gasteiger partial charge is 0.337 e. The van der Waals surface area contributed by atoms with Crippen molar-refractivity contribution >= 4 is 5.97 Å². The van der Waals surface area contributed by atoms with E-state index >= 15 is 0 Å². The second kappa shape index (κ2) is 6.93. The van der Waals surface area contributed by atoms with Gasteiger partial charge in [0.1, 0.15) is 0 Å². The molecule has 6 heteroatoms. The van der Waals surface area contributed by atoms with Gasteiger partial charge >= 0.3 is 5.97 Å². The van der Waals surface area contributed by atoms with Crippen LogP contribution in [0.3, 0.4) is 0 Å². The summed E-state index contributed by atoms with van der Waals surface area (Å²) in [6.07, 6.45) is 0. The number of methoxy groups -OCH3 is 1. The number of hydrogen-bond donors (Lipinski definition) is 0. The minimum absolute atomic E-state index is 0.0798. The lowest BCUT2D eigenvalue weighted by Gasteiger charge is -2.11. The van der Waals surface area contributed by atoms with Crippen LogP contribution in [0.4, 0.5) is 0 Å². The first-order valence-corrected chi connectivity index (χ1v) is 6.43. The molecule has 0 N–H and O–H groups in total. The molecule has 2 rings (SSSR count). The normalized spacial score (nSPS) is 9.45. The van der Waals surface area contributed by atoms with E-state index in [2.05, 4.69) is 16.1 Å². The first-order valence-electron chi connectivity index (χ1n) is 6.43. The molecule has 0 amide bonds. The molecule has 0 bridgehead atoms.